The molecule has 1 aromatic carbocycles. The summed E-state index contributed by atoms with van der Waals surface area (Å²) < 4.78 is 32.3. The maximum atomic E-state index is 12.9. The fraction of sp³-hybridized carbons (Fsp3) is 0.524. The minimum absolute atomic E-state index is 0.0669. The Morgan fingerprint density at radius 3 is 2.37 bits per heavy atom. The number of carbonyl (C=O) groups is 1. The van der Waals surface area contributed by atoms with Crippen molar-refractivity contribution in [3.8, 4) is 0 Å². The second-order valence-electron chi connectivity index (χ2n) is 7.97. The smallest absolute Gasteiger partial charge is 0.248 e. The maximum absolute atomic E-state index is 12.9. The summed E-state index contributed by atoms with van der Waals surface area (Å²) in [6.07, 6.45) is 0. The van der Waals surface area contributed by atoms with Crippen molar-refractivity contribution < 1.29 is 17.7 Å². The molecule has 30 heavy (non-hydrogen) atoms. The monoisotopic (exact) mass is 434 g/mol. The van der Waals surface area contributed by atoms with Crippen molar-refractivity contribution >= 4 is 15.9 Å². The molecular formula is C21H30N4O4S. The molecule has 1 atom stereocenters. The number of aryl methyl sites for hydroxylation is 4. The van der Waals surface area contributed by atoms with Crippen molar-refractivity contribution in [1.82, 2.24) is 19.7 Å². The number of amides is 1. The number of hydrogen-bond acceptors (Lipinski definition) is 6. The number of rotatable bonds is 6. The Bertz CT molecular complexity index is 1000. The van der Waals surface area contributed by atoms with E-state index < -0.39 is 10.0 Å². The summed E-state index contributed by atoms with van der Waals surface area (Å²) in [6, 6.07) is 6.11. The first-order valence-electron chi connectivity index (χ1n) is 10.1. The molecule has 1 N–H and O–H groups in total. The van der Waals surface area contributed by atoms with E-state index in [1.165, 1.54) is 15.4 Å². The summed E-state index contributed by atoms with van der Waals surface area (Å²) >= 11 is 0. The van der Waals surface area contributed by atoms with Crippen molar-refractivity contribution in [2.45, 2.75) is 45.6 Å². The van der Waals surface area contributed by atoms with Crippen LogP contribution >= 0.6 is 0 Å². The second kappa shape index (κ2) is 8.87. The molecule has 1 aliphatic rings. The molecule has 0 bridgehead atoms. The van der Waals surface area contributed by atoms with Crippen LogP contribution in [0.2, 0.25) is 0 Å². The average molecular weight is 435 g/mol. The molecule has 8 nitrogen and oxygen atoms in total. The molecule has 1 aromatic heterocycles. The predicted octanol–water partition coefficient (Wildman–Crippen LogP) is 2.09. The van der Waals surface area contributed by atoms with Crippen molar-refractivity contribution in [3.63, 3.8) is 0 Å². The number of sulfonamides is 1. The minimum atomic E-state index is -3.64. The fourth-order valence-corrected chi connectivity index (χ4v) is 5.42. The molecular weight excluding hydrogens is 404 g/mol. The van der Waals surface area contributed by atoms with E-state index >= 15 is 0 Å². The highest BCUT2D eigenvalue weighted by Crippen LogP contribution is 2.24. The maximum Gasteiger partial charge on any atom is 0.248 e. The van der Waals surface area contributed by atoms with Gasteiger partial charge in [-0.3, -0.25) is 9.69 Å². The van der Waals surface area contributed by atoms with E-state index in [-0.39, 0.29) is 23.4 Å². The quantitative estimate of drug-likeness (QED) is 0.748. The molecule has 3 rings (SSSR count). The highest BCUT2D eigenvalue weighted by Gasteiger charge is 2.33. The zero-order valence-corrected chi connectivity index (χ0v) is 19.0. The lowest BCUT2D eigenvalue weighted by Crippen LogP contribution is -2.51. The largest absolute Gasteiger partial charge is 0.360 e. The molecule has 0 radical (unpaired) electrons. The Balaban J connectivity index is 1.54. The van der Waals surface area contributed by atoms with E-state index in [9.17, 15) is 13.2 Å². The molecule has 0 aliphatic carbocycles. The average Bonchev–Trinajstić information content (AvgIpc) is 3.03. The van der Waals surface area contributed by atoms with Crippen LogP contribution in [-0.4, -0.2) is 61.4 Å². The number of benzene rings is 1. The molecule has 2 heterocycles. The van der Waals surface area contributed by atoms with E-state index in [2.05, 4.69) is 36.5 Å². The van der Waals surface area contributed by atoms with Gasteiger partial charge in [0.15, 0.2) is 5.76 Å². The van der Waals surface area contributed by atoms with Crippen LogP contribution in [0.4, 0.5) is 0 Å². The van der Waals surface area contributed by atoms with Gasteiger partial charge in [0, 0.05) is 26.2 Å². The Labute approximate surface area is 178 Å². The van der Waals surface area contributed by atoms with Gasteiger partial charge in [0.1, 0.15) is 10.6 Å². The Morgan fingerprint density at radius 1 is 1.13 bits per heavy atom. The third-order valence-corrected chi connectivity index (χ3v) is 7.82. The molecule has 1 amide bonds. The molecule has 0 saturated carbocycles. The molecule has 164 valence electrons. The standard InChI is InChI=1S/C21H30N4O4S/c1-14-6-7-19(12-15(14)2)16(3)22-20(26)13-24-8-10-25(11-9-24)30(27,28)21-17(4)23-29-18(21)5/h6-7,12,16H,8-11,13H2,1-5H3,(H,22,26)/t16-/m1/s1. The Hall–Kier alpha value is -2.23. The third kappa shape index (κ3) is 4.74. The summed E-state index contributed by atoms with van der Waals surface area (Å²) in [5, 5.41) is 6.79. The van der Waals surface area contributed by atoms with Crippen LogP contribution in [0.25, 0.3) is 0 Å². The van der Waals surface area contributed by atoms with Crippen LogP contribution in [0.3, 0.4) is 0 Å². The minimum Gasteiger partial charge on any atom is -0.360 e. The number of piperazine rings is 1. The van der Waals surface area contributed by atoms with Crippen LogP contribution in [0.5, 0.6) is 0 Å². The molecule has 0 spiro atoms. The number of carbonyl (C=O) groups excluding carboxylic acids is 1. The SMILES string of the molecule is Cc1ccc([C@@H](C)NC(=O)CN2CCN(S(=O)(=O)c3c(C)noc3C)CC2)cc1C. The van der Waals surface area contributed by atoms with Gasteiger partial charge in [-0.25, -0.2) is 8.42 Å². The van der Waals surface area contributed by atoms with Gasteiger partial charge in [-0.2, -0.15) is 4.31 Å². The summed E-state index contributed by atoms with van der Waals surface area (Å²) in [7, 11) is -3.64. The van der Waals surface area contributed by atoms with Crippen molar-refractivity contribution in [2.75, 3.05) is 32.7 Å². The molecule has 9 heteroatoms. The van der Waals surface area contributed by atoms with Gasteiger partial charge >= 0.3 is 0 Å². The highest BCUT2D eigenvalue weighted by atomic mass is 32.2. The van der Waals surface area contributed by atoms with Gasteiger partial charge in [0.2, 0.25) is 15.9 Å². The normalized spacial score (nSPS) is 17.1. The van der Waals surface area contributed by atoms with Gasteiger partial charge < -0.3 is 9.84 Å². The van der Waals surface area contributed by atoms with Crippen LogP contribution in [0, 0.1) is 27.7 Å². The van der Waals surface area contributed by atoms with Crippen molar-refractivity contribution in [2.24, 2.45) is 0 Å². The van der Waals surface area contributed by atoms with E-state index in [0.29, 0.717) is 37.6 Å². The molecule has 1 saturated heterocycles. The number of hydrogen-bond donors (Lipinski definition) is 1. The number of aromatic nitrogens is 1. The number of nitrogens with zero attached hydrogens (tertiary/aromatic N) is 3. The van der Waals surface area contributed by atoms with Crippen LogP contribution in [-0.2, 0) is 14.8 Å². The Morgan fingerprint density at radius 2 is 1.80 bits per heavy atom. The first-order valence-corrected chi connectivity index (χ1v) is 11.6. The summed E-state index contributed by atoms with van der Waals surface area (Å²) in [4.78, 5) is 14.6. The fourth-order valence-electron chi connectivity index (χ4n) is 3.71. The van der Waals surface area contributed by atoms with E-state index in [1.54, 1.807) is 13.8 Å². The second-order valence-corrected chi connectivity index (χ2v) is 9.84. The van der Waals surface area contributed by atoms with Crippen molar-refractivity contribution in [3.05, 3.63) is 46.3 Å². The molecule has 1 fully saturated rings. The lowest BCUT2D eigenvalue weighted by Gasteiger charge is -2.33. The van der Waals surface area contributed by atoms with Gasteiger partial charge in [-0.1, -0.05) is 23.4 Å². The first-order chi connectivity index (χ1) is 14.1. The number of nitrogens with one attached hydrogen (secondary N) is 1. The molecule has 2 aromatic rings. The van der Waals surface area contributed by atoms with Gasteiger partial charge in [-0.05, 0) is 51.3 Å². The lowest BCUT2D eigenvalue weighted by atomic mass is 10.0. The summed E-state index contributed by atoms with van der Waals surface area (Å²) in [6.45, 7) is 11.2. The summed E-state index contributed by atoms with van der Waals surface area (Å²) in [5.74, 6) is 0.234. The van der Waals surface area contributed by atoms with Crippen LogP contribution in [0.1, 0.15) is 41.1 Å². The highest BCUT2D eigenvalue weighted by molar-refractivity contribution is 7.89. The van der Waals surface area contributed by atoms with Gasteiger partial charge in [0.25, 0.3) is 0 Å². The summed E-state index contributed by atoms with van der Waals surface area (Å²) in [5.41, 5.74) is 3.86. The van der Waals surface area contributed by atoms with Gasteiger partial charge in [-0.15, -0.1) is 0 Å². The zero-order valence-electron chi connectivity index (χ0n) is 18.2. The van der Waals surface area contributed by atoms with E-state index in [1.807, 2.05) is 17.9 Å². The lowest BCUT2D eigenvalue weighted by molar-refractivity contribution is -0.123. The zero-order chi connectivity index (χ0) is 22.1. The predicted molar refractivity (Wildman–Crippen MR) is 114 cm³/mol. The van der Waals surface area contributed by atoms with E-state index in [4.69, 9.17) is 4.52 Å². The van der Waals surface area contributed by atoms with Crippen molar-refractivity contribution in [1.29, 1.82) is 0 Å². The van der Waals surface area contributed by atoms with Crippen LogP contribution in [0.15, 0.2) is 27.6 Å². The van der Waals surface area contributed by atoms with E-state index in [0.717, 1.165) is 5.56 Å². The molecule has 0 unspecified atom stereocenters. The van der Waals surface area contributed by atoms with Crippen LogP contribution < -0.4 is 5.32 Å². The first kappa shape index (κ1) is 22.5. The van der Waals surface area contributed by atoms with Gasteiger partial charge in [0.05, 0.1) is 12.6 Å². The molecule has 1 aliphatic heterocycles. The third-order valence-electron chi connectivity index (χ3n) is 5.67. The topological polar surface area (TPSA) is 95.8 Å². The Kier molecular flexibility index (Phi) is 6.64.